The van der Waals surface area contributed by atoms with Gasteiger partial charge >= 0.3 is 0 Å². The Morgan fingerprint density at radius 1 is 1.29 bits per heavy atom. The van der Waals surface area contributed by atoms with Crippen LogP contribution in [-0.2, 0) is 0 Å². The zero-order valence-electron chi connectivity index (χ0n) is 8.79. The Bertz CT molecular complexity index is 165. The minimum atomic E-state index is -0.549. The van der Waals surface area contributed by atoms with Crippen molar-refractivity contribution in [3.8, 4) is 6.07 Å². The molecule has 0 saturated heterocycles. The molecule has 0 unspecified atom stereocenters. The van der Waals surface area contributed by atoms with E-state index in [9.17, 15) is 0 Å². The molecule has 0 aromatic carbocycles. The lowest BCUT2D eigenvalue weighted by Crippen LogP contribution is -2.51. The van der Waals surface area contributed by atoms with Gasteiger partial charge in [-0.05, 0) is 25.8 Å². The summed E-state index contributed by atoms with van der Waals surface area (Å²) in [7, 11) is 0. The van der Waals surface area contributed by atoms with E-state index in [-0.39, 0.29) is 13.2 Å². The molecule has 0 aliphatic carbocycles. The van der Waals surface area contributed by atoms with E-state index in [4.69, 9.17) is 15.5 Å². The maximum absolute atomic E-state index is 9.10. The molecule has 0 aromatic rings. The van der Waals surface area contributed by atoms with Gasteiger partial charge in [-0.1, -0.05) is 6.92 Å². The molecule has 0 saturated carbocycles. The molecule has 0 aliphatic heterocycles. The SMILES string of the molecule is CCC(CO)(CO)NCCCCC#N. The van der Waals surface area contributed by atoms with E-state index in [0.29, 0.717) is 12.8 Å². The molecule has 0 spiro atoms. The van der Waals surface area contributed by atoms with Gasteiger partial charge in [-0.2, -0.15) is 5.26 Å². The molecule has 4 heteroatoms. The summed E-state index contributed by atoms with van der Waals surface area (Å²) in [4.78, 5) is 0. The van der Waals surface area contributed by atoms with E-state index in [2.05, 4.69) is 11.4 Å². The second-order valence-corrected chi connectivity index (χ2v) is 3.49. The predicted octanol–water partition coefficient (Wildman–Crippen LogP) is 0.403. The number of aliphatic hydroxyl groups excluding tert-OH is 2. The number of hydrogen-bond donors (Lipinski definition) is 3. The second kappa shape index (κ2) is 7.74. The van der Waals surface area contributed by atoms with Crippen LogP contribution in [0.2, 0.25) is 0 Å². The van der Waals surface area contributed by atoms with Crippen molar-refractivity contribution >= 4 is 0 Å². The van der Waals surface area contributed by atoms with Gasteiger partial charge in [-0.3, -0.25) is 0 Å². The van der Waals surface area contributed by atoms with Crippen molar-refractivity contribution in [1.29, 1.82) is 5.26 Å². The highest BCUT2D eigenvalue weighted by Gasteiger charge is 2.24. The summed E-state index contributed by atoms with van der Waals surface area (Å²) < 4.78 is 0. The molecule has 0 aliphatic rings. The Hall–Kier alpha value is -0.630. The quantitative estimate of drug-likeness (QED) is 0.496. The fourth-order valence-corrected chi connectivity index (χ4v) is 1.19. The third-order valence-corrected chi connectivity index (χ3v) is 2.50. The van der Waals surface area contributed by atoms with E-state index in [1.54, 1.807) is 0 Å². The van der Waals surface area contributed by atoms with Gasteiger partial charge in [0.05, 0.1) is 24.8 Å². The summed E-state index contributed by atoms with van der Waals surface area (Å²) in [5.41, 5.74) is -0.549. The Kier molecular flexibility index (Phi) is 7.40. The standard InChI is InChI=1S/C10H20N2O2/c1-2-10(8-13,9-14)12-7-5-3-4-6-11/h12-14H,2-5,7-9H2,1H3. The molecule has 0 heterocycles. The Morgan fingerprint density at radius 3 is 2.36 bits per heavy atom. The zero-order valence-corrected chi connectivity index (χ0v) is 8.79. The molecular formula is C10H20N2O2. The van der Waals surface area contributed by atoms with Gasteiger partial charge in [0.2, 0.25) is 0 Å². The summed E-state index contributed by atoms with van der Waals surface area (Å²) in [5.74, 6) is 0. The van der Waals surface area contributed by atoms with Gasteiger partial charge in [0.25, 0.3) is 0 Å². The van der Waals surface area contributed by atoms with Crippen molar-refractivity contribution in [2.24, 2.45) is 0 Å². The molecule has 0 fully saturated rings. The largest absolute Gasteiger partial charge is 0.394 e. The number of nitrogens with zero attached hydrogens (tertiary/aromatic N) is 1. The minimum absolute atomic E-state index is 0.0573. The summed E-state index contributed by atoms with van der Waals surface area (Å²) >= 11 is 0. The first kappa shape index (κ1) is 13.4. The fraction of sp³-hybridized carbons (Fsp3) is 0.900. The van der Waals surface area contributed by atoms with Crippen LogP contribution in [0.4, 0.5) is 0 Å². The van der Waals surface area contributed by atoms with Crippen LogP contribution in [0.1, 0.15) is 32.6 Å². The fourth-order valence-electron chi connectivity index (χ4n) is 1.19. The highest BCUT2D eigenvalue weighted by molar-refractivity contribution is 4.85. The first-order valence-electron chi connectivity index (χ1n) is 5.08. The Morgan fingerprint density at radius 2 is 1.93 bits per heavy atom. The van der Waals surface area contributed by atoms with Crippen LogP contribution in [0.3, 0.4) is 0 Å². The Balaban J connectivity index is 3.67. The van der Waals surface area contributed by atoms with Gasteiger partial charge in [-0.25, -0.2) is 0 Å². The maximum atomic E-state index is 9.10. The molecule has 0 rings (SSSR count). The van der Waals surface area contributed by atoms with E-state index in [1.165, 1.54) is 0 Å². The first-order valence-corrected chi connectivity index (χ1v) is 5.08. The zero-order chi connectivity index (χ0) is 10.9. The molecule has 14 heavy (non-hydrogen) atoms. The van der Waals surface area contributed by atoms with Crippen LogP contribution in [0.15, 0.2) is 0 Å². The van der Waals surface area contributed by atoms with Crippen molar-refractivity contribution in [3.63, 3.8) is 0 Å². The van der Waals surface area contributed by atoms with E-state index >= 15 is 0 Å². The van der Waals surface area contributed by atoms with Gasteiger partial charge in [0.1, 0.15) is 0 Å². The lowest BCUT2D eigenvalue weighted by molar-refractivity contribution is 0.0877. The highest BCUT2D eigenvalue weighted by Crippen LogP contribution is 2.08. The number of aliphatic hydroxyl groups is 2. The molecule has 0 bridgehead atoms. The summed E-state index contributed by atoms with van der Waals surface area (Å²) in [6, 6.07) is 2.08. The molecule has 0 amide bonds. The lowest BCUT2D eigenvalue weighted by atomic mass is 9.98. The summed E-state index contributed by atoms with van der Waals surface area (Å²) in [6.45, 7) is 2.54. The number of rotatable bonds is 8. The average Bonchev–Trinajstić information content (AvgIpc) is 2.24. The van der Waals surface area contributed by atoms with E-state index in [0.717, 1.165) is 19.4 Å². The number of nitriles is 1. The number of unbranched alkanes of at least 4 members (excludes halogenated alkanes) is 2. The smallest absolute Gasteiger partial charge is 0.0645 e. The lowest BCUT2D eigenvalue weighted by Gasteiger charge is -2.29. The van der Waals surface area contributed by atoms with Crippen LogP contribution >= 0.6 is 0 Å². The normalized spacial score (nSPS) is 11.3. The van der Waals surface area contributed by atoms with Crippen molar-refractivity contribution in [1.82, 2.24) is 5.32 Å². The van der Waals surface area contributed by atoms with Crippen LogP contribution in [0, 0.1) is 11.3 Å². The van der Waals surface area contributed by atoms with Gasteiger partial charge in [0.15, 0.2) is 0 Å². The number of nitrogens with one attached hydrogen (secondary N) is 1. The molecule has 82 valence electrons. The topological polar surface area (TPSA) is 76.3 Å². The van der Waals surface area contributed by atoms with Crippen molar-refractivity contribution in [2.75, 3.05) is 19.8 Å². The average molecular weight is 200 g/mol. The van der Waals surface area contributed by atoms with Crippen LogP contribution in [0.5, 0.6) is 0 Å². The Labute approximate surface area is 85.6 Å². The second-order valence-electron chi connectivity index (χ2n) is 3.49. The van der Waals surface area contributed by atoms with Crippen LogP contribution in [-0.4, -0.2) is 35.5 Å². The van der Waals surface area contributed by atoms with Crippen molar-refractivity contribution in [2.45, 2.75) is 38.1 Å². The van der Waals surface area contributed by atoms with Crippen molar-refractivity contribution < 1.29 is 10.2 Å². The maximum Gasteiger partial charge on any atom is 0.0645 e. The monoisotopic (exact) mass is 200 g/mol. The van der Waals surface area contributed by atoms with Crippen molar-refractivity contribution in [3.05, 3.63) is 0 Å². The van der Waals surface area contributed by atoms with Gasteiger partial charge in [0, 0.05) is 6.42 Å². The van der Waals surface area contributed by atoms with E-state index in [1.807, 2.05) is 6.92 Å². The predicted molar refractivity (Wildman–Crippen MR) is 54.7 cm³/mol. The third kappa shape index (κ3) is 4.56. The first-order chi connectivity index (χ1) is 6.74. The summed E-state index contributed by atoms with van der Waals surface area (Å²) in [5, 5.41) is 29.7. The molecule has 0 radical (unpaired) electrons. The van der Waals surface area contributed by atoms with Crippen LogP contribution in [0.25, 0.3) is 0 Å². The minimum Gasteiger partial charge on any atom is -0.394 e. The summed E-state index contributed by atoms with van der Waals surface area (Å²) in [6.07, 6.45) is 3.02. The molecular weight excluding hydrogens is 180 g/mol. The molecule has 0 aromatic heterocycles. The third-order valence-electron chi connectivity index (χ3n) is 2.50. The molecule has 4 nitrogen and oxygen atoms in total. The molecule has 0 atom stereocenters. The molecule has 3 N–H and O–H groups in total. The van der Waals surface area contributed by atoms with E-state index < -0.39 is 5.54 Å². The van der Waals surface area contributed by atoms with Crippen LogP contribution < -0.4 is 5.32 Å². The highest BCUT2D eigenvalue weighted by atomic mass is 16.3. The number of hydrogen-bond acceptors (Lipinski definition) is 4. The van der Waals surface area contributed by atoms with Gasteiger partial charge in [-0.15, -0.1) is 0 Å². The van der Waals surface area contributed by atoms with Gasteiger partial charge < -0.3 is 15.5 Å².